The Morgan fingerprint density at radius 2 is 2.29 bits per heavy atom. The highest BCUT2D eigenvalue weighted by molar-refractivity contribution is 6.01. The maximum atomic E-state index is 11.1. The van der Waals surface area contributed by atoms with Crippen LogP contribution in [0, 0.1) is 0 Å². The predicted octanol–water partition coefficient (Wildman–Crippen LogP) is 1.84. The van der Waals surface area contributed by atoms with Crippen molar-refractivity contribution in [2.24, 2.45) is 0 Å². The van der Waals surface area contributed by atoms with E-state index >= 15 is 0 Å². The van der Waals surface area contributed by atoms with Gasteiger partial charge >= 0.3 is 0 Å². The van der Waals surface area contributed by atoms with Crippen LogP contribution >= 0.6 is 0 Å². The zero-order valence-electron chi connectivity index (χ0n) is 7.99. The van der Waals surface area contributed by atoms with Gasteiger partial charge in [-0.2, -0.15) is 0 Å². The molecule has 3 heteroatoms. The molecule has 14 heavy (non-hydrogen) atoms. The SMILES string of the molecule is COc1cccnc1C1=CC(=O)CC1. The van der Waals surface area contributed by atoms with Crippen molar-refractivity contribution in [3.8, 4) is 5.75 Å². The van der Waals surface area contributed by atoms with Crippen molar-refractivity contribution in [1.29, 1.82) is 0 Å². The smallest absolute Gasteiger partial charge is 0.156 e. The number of allylic oxidation sites excluding steroid dienone is 2. The Hall–Kier alpha value is -1.64. The second kappa shape index (κ2) is 3.62. The quantitative estimate of drug-likeness (QED) is 0.712. The highest BCUT2D eigenvalue weighted by Gasteiger charge is 2.17. The van der Waals surface area contributed by atoms with Crippen LogP contribution in [-0.2, 0) is 4.79 Å². The first-order chi connectivity index (χ1) is 6.81. The van der Waals surface area contributed by atoms with E-state index in [0.29, 0.717) is 6.42 Å². The van der Waals surface area contributed by atoms with E-state index in [0.717, 1.165) is 23.4 Å². The Balaban J connectivity index is 2.41. The van der Waals surface area contributed by atoms with Crippen LogP contribution in [0.2, 0.25) is 0 Å². The number of pyridine rings is 1. The standard InChI is InChI=1S/C11H11NO2/c1-14-10-3-2-6-12-11(10)8-4-5-9(13)7-8/h2-3,6-7H,4-5H2,1H3. The minimum atomic E-state index is 0.174. The summed E-state index contributed by atoms with van der Waals surface area (Å²) in [5.74, 6) is 0.904. The highest BCUT2D eigenvalue weighted by Crippen LogP contribution is 2.30. The van der Waals surface area contributed by atoms with Crippen LogP contribution in [0.4, 0.5) is 0 Å². The molecule has 1 aromatic rings. The molecular formula is C11H11NO2. The number of rotatable bonds is 2. The lowest BCUT2D eigenvalue weighted by atomic mass is 10.1. The highest BCUT2D eigenvalue weighted by atomic mass is 16.5. The topological polar surface area (TPSA) is 39.2 Å². The summed E-state index contributed by atoms with van der Waals surface area (Å²) in [7, 11) is 1.61. The lowest BCUT2D eigenvalue weighted by Gasteiger charge is -2.06. The number of ether oxygens (including phenoxy) is 1. The van der Waals surface area contributed by atoms with Crippen molar-refractivity contribution in [1.82, 2.24) is 4.98 Å². The van der Waals surface area contributed by atoms with Gasteiger partial charge in [0.25, 0.3) is 0 Å². The molecule has 0 aliphatic heterocycles. The number of aromatic nitrogens is 1. The van der Waals surface area contributed by atoms with E-state index in [1.165, 1.54) is 0 Å². The third-order valence-corrected chi connectivity index (χ3v) is 2.27. The third kappa shape index (κ3) is 1.53. The molecule has 0 N–H and O–H groups in total. The molecule has 1 aliphatic carbocycles. The summed E-state index contributed by atoms with van der Waals surface area (Å²) in [6, 6.07) is 3.67. The first kappa shape index (κ1) is 8.94. The Labute approximate surface area is 82.4 Å². The van der Waals surface area contributed by atoms with Crippen molar-refractivity contribution in [2.45, 2.75) is 12.8 Å². The van der Waals surface area contributed by atoms with Gasteiger partial charge in [-0.1, -0.05) is 0 Å². The summed E-state index contributed by atoms with van der Waals surface area (Å²) < 4.78 is 5.18. The molecule has 0 amide bonds. The average Bonchev–Trinajstić information content (AvgIpc) is 2.65. The average molecular weight is 189 g/mol. The number of methoxy groups -OCH3 is 1. The number of carbonyl (C=O) groups excluding carboxylic acids is 1. The monoisotopic (exact) mass is 189 g/mol. The maximum absolute atomic E-state index is 11.1. The van der Waals surface area contributed by atoms with Gasteiger partial charge in [-0.15, -0.1) is 0 Å². The molecule has 1 aliphatic rings. The Morgan fingerprint density at radius 1 is 1.43 bits per heavy atom. The normalized spacial score (nSPS) is 15.5. The van der Waals surface area contributed by atoms with Gasteiger partial charge in [0.05, 0.1) is 7.11 Å². The molecule has 0 saturated carbocycles. The summed E-state index contributed by atoms with van der Waals surface area (Å²) in [6.07, 6.45) is 4.73. The summed E-state index contributed by atoms with van der Waals surface area (Å²) in [5, 5.41) is 0. The van der Waals surface area contributed by atoms with Crippen LogP contribution in [-0.4, -0.2) is 17.9 Å². The molecule has 0 fully saturated rings. The number of hydrogen-bond donors (Lipinski definition) is 0. The van der Waals surface area contributed by atoms with E-state index in [-0.39, 0.29) is 5.78 Å². The van der Waals surface area contributed by atoms with Crippen LogP contribution in [0.5, 0.6) is 5.75 Å². The molecule has 1 heterocycles. The third-order valence-electron chi connectivity index (χ3n) is 2.27. The number of nitrogens with zero attached hydrogens (tertiary/aromatic N) is 1. The van der Waals surface area contributed by atoms with Crippen LogP contribution in [0.1, 0.15) is 18.5 Å². The van der Waals surface area contributed by atoms with Gasteiger partial charge in [-0.3, -0.25) is 9.78 Å². The summed E-state index contributed by atoms with van der Waals surface area (Å²) in [6.45, 7) is 0. The van der Waals surface area contributed by atoms with Crippen molar-refractivity contribution in [3.63, 3.8) is 0 Å². The molecule has 0 spiro atoms. The lowest BCUT2D eigenvalue weighted by molar-refractivity contribution is -0.114. The van der Waals surface area contributed by atoms with Crippen molar-refractivity contribution < 1.29 is 9.53 Å². The zero-order chi connectivity index (χ0) is 9.97. The minimum absolute atomic E-state index is 0.174. The van der Waals surface area contributed by atoms with Crippen LogP contribution < -0.4 is 4.74 Å². The van der Waals surface area contributed by atoms with Crippen molar-refractivity contribution >= 4 is 11.4 Å². The van der Waals surface area contributed by atoms with Crippen LogP contribution in [0.25, 0.3) is 5.57 Å². The maximum Gasteiger partial charge on any atom is 0.156 e. The molecule has 0 unspecified atom stereocenters. The fourth-order valence-corrected chi connectivity index (χ4v) is 1.58. The first-order valence-electron chi connectivity index (χ1n) is 4.54. The summed E-state index contributed by atoms with van der Waals surface area (Å²) in [5.41, 5.74) is 1.77. The van der Waals surface area contributed by atoms with Gasteiger partial charge in [0.2, 0.25) is 0 Å². The van der Waals surface area contributed by atoms with Gasteiger partial charge < -0.3 is 4.74 Å². The van der Waals surface area contributed by atoms with Crippen molar-refractivity contribution in [2.75, 3.05) is 7.11 Å². The fraction of sp³-hybridized carbons (Fsp3) is 0.273. The van der Waals surface area contributed by atoms with E-state index in [2.05, 4.69) is 4.98 Å². The van der Waals surface area contributed by atoms with Crippen LogP contribution in [0.3, 0.4) is 0 Å². The van der Waals surface area contributed by atoms with Crippen molar-refractivity contribution in [3.05, 3.63) is 30.1 Å². The number of carbonyl (C=O) groups is 1. The Kier molecular flexibility index (Phi) is 2.31. The molecule has 0 saturated heterocycles. The fourth-order valence-electron chi connectivity index (χ4n) is 1.58. The molecule has 1 aromatic heterocycles. The Bertz CT molecular complexity index is 396. The predicted molar refractivity (Wildman–Crippen MR) is 53.0 cm³/mol. The van der Waals surface area contributed by atoms with Gasteiger partial charge in [0.15, 0.2) is 5.78 Å². The Morgan fingerprint density at radius 3 is 2.93 bits per heavy atom. The summed E-state index contributed by atoms with van der Waals surface area (Å²) in [4.78, 5) is 15.3. The van der Waals surface area contributed by atoms with E-state index in [4.69, 9.17) is 4.74 Å². The molecule has 2 rings (SSSR count). The minimum Gasteiger partial charge on any atom is -0.494 e. The first-order valence-corrected chi connectivity index (χ1v) is 4.54. The number of hydrogen-bond acceptors (Lipinski definition) is 3. The molecule has 72 valence electrons. The molecule has 3 nitrogen and oxygen atoms in total. The lowest BCUT2D eigenvalue weighted by Crippen LogP contribution is -1.92. The van der Waals surface area contributed by atoms with Crippen LogP contribution in [0.15, 0.2) is 24.4 Å². The zero-order valence-corrected chi connectivity index (χ0v) is 7.99. The molecular weight excluding hydrogens is 178 g/mol. The second-order valence-corrected chi connectivity index (χ2v) is 3.19. The molecule has 0 atom stereocenters. The van der Waals surface area contributed by atoms with E-state index < -0.39 is 0 Å². The van der Waals surface area contributed by atoms with Gasteiger partial charge in [0, 0.05) is 12.6 Å². The van der Waals surface area contributed by atoms with E-state index in [1.807, 2.05) is 12.1 Å². The summed E-state index contributed by atoms with van der Waals surface area (Å²) >= 11 is 0. The van der Waals surface area contributed by atoms with Gasteiger partial charge in [-0.25, -0.2) is 0 Å². The molecule has 0 radical (unpaired) electrons. The molecule has 0 bridgehead atoms. The number of ketones is 1. The molecule has 0 aromatic carbocycles. The van der Waals surface area contributed by atoms with E-state index in [1.54, 1.807) is 19.4 Å². The van der Waals surface area contributed by atoms with Gasteiger partial charge in [0.1, 0.15) is 11.4 Å². The van der Waals surface area contributed by atoms with Gasteiger partial charge in [-0.05, 0) is 30.2 Å². The second-order valence-electron chi connectivity index (χ2n) is 3.19. The largest absolute Gasteiger partial charge is 0.494 e. The van der Waals surface area contributed by atoms with E-state index in [9.17, 15) is 4.79 Å².